The van der Waals surface area contributed by atoms with Gasteiger partial charge >= 0.3 is 0 Å². The van der Waals surface area contributed by atoms with Gasteiger partial charge in [0.1, 0.15) is 0 Å². The van der Waals surface area contributed by atoms with Gasteiger partial charge in [0.05, 0.1) is 10.6 Å². The summed E-state index contributed by atoms with van der Waals surface area (Å²) in [6, 6.07) is 4.81. The lowest BCUT2D eigenvalue weighted by Gasteiger charge is -2.09. The molecule has 0 radical (unpaired) electrons. The highest BCUT2D eigenvalue weighted by Crippen LogP contribution is 2.26. The largest absolute Gasteiger partial charge is 0.261 e. The molecule has 2 rings (SSSR count). The molecule has 0 saturated heterocycles. The number of nitrogens with two attached hydrogens (primary N) is 1. The molecule has 0 unspecified atom stereocenters. The summed E-state index contributed by atoms with van der Waals surface area (Å²) in [5.74, 6) is 0. The molecule has 0 fully saturated rings. The van der Waals surface area contributed by atoms with Crippen molar-refractivity contribution in [2.24, 2.45) is 10.1 Å². The molecule has 2 N–H and O–H groups in total. The van der Waals surface area contributed by atoms with E-state index in [-0.39, 0.29) is 4.90 Å². The van der Waals surface area contributed by atoms with E-state index in [4.69, 9.17) is 5.14 Å². The van der Waals surface area contributed by atoms with Gasteiger partial charge in [0.2, 0.25) is 10.0 Å². The number of hydrogen-bond donors (Lipinski definition) is 1. The number of nitrogens with zero attached hydrogens (tertiary/aromatic N) is 1. The molecule has 1 heterocycles. The Morgan fingerprint density at radius 1 is 1.36 bits per heavy atom. The third-order valence-corrected chi connectivity index (χ3v) is 3.07. The van der Waals surface area contributed by atoms with Crippen LogP contribution in [0.3, 0.4) is 0 Å². The first-order valence-electron chi connectivity index (χ1n) is 4.25. The topological polar surface area (TPSA) is 72.5 Å². The van der Waals surface area contributed by atoms with Gasteiger partial charge in [0, 0.05) is 6.21 Å². The fourth-order valence-corrected chi connectivity index (χ4v) is 1.97. The highest BCUT2D eigenvalue weighted by atomic mass is 32.2. The quantitative estimate of drug-likeness (QED) is 0.750. The number of primary sulfonamides is 1. The van der Waals surface area contributed by atoms with Crippen molar-refractivity contribution in [2.75, 3.05) is 0 Å². The molecule has 0 spiro atoms. The van der Waals surface area contributed by atoms with E-state index in [2.05, 4.69) is 4.99 Å². The summed E-state index contributed by atoms with van der Waals surface area (Å²) in [7, 11) is -3.61. The van der Waals surface area contributed by atoms with Crippen LogP contribution in [-0.2, 0) is 16.4 Å². The second kappa shape index (κ2) is 3.18. The van der Waals surface area contributed by atoms with Crippen LogP contribution in [0.5, 0.6) is 0 Å². The predicted octanol–water partition coefficient (Wildman–Crippen LogP) is 0.983. The summed E-state index contributed by atoms with van der Waals surface area (Å²) in [6.07, 6.45) is 3.60. The molecule has 1 aromatic carbocycles. The average molecular weight is 210 g/mol. The Morgan fingerprint density at radius 3 is 2.86 bits per heavy atom. The van der Waals surface area contributed by atoms with E-state index in [1.807, 2.05) is 0 Å². The van der Waals surface area contributed by atoms with Crippen LogP contribution < -0.4 is 5.14 Å². The zero-order valence-corrected chi connectivity index (χ0v) is 8.29. The summed E-state index contributed by atoms with van der Waals surface area (Å²) in [5, 5.41) is 5.01. The van der Waals surface area contributed by atoms with Gasteiger partial charge in [-0.3, -0.25) is 4.99 Å². The zero-order chi connectivity index (χ0) is 10.2. The molecule has 1 aliphatic heterocycles. The molecule has 0 bridgehead atoms. The van der Waals surface area contributed by atoms with Crippen LogP contribution in [0.1, 0.15) is 12.0 Å². The van der Waals surface area contributed by atoms with Gasteiger partial charge in [0.25, 0.3) is 0 Å². The van der Waals surface area contributed by atoms with Crippen LogP contribution in [0.15, 0.2) is 28.1 Å². The minimum absolute atomic E-state index is 0.121. The molecule has 1 aliphatic rings. The molecule has 1 aromatic rings. The summed E-state index contributed by atoms with van der Waals surface area (Å²) >= 11 is 0. The van der Waals surface area contributed by atoms with E-state index < -0.39 is 10.0 Å². The minimum Gasteiger partial charge on any atom is -0.261 e. The maximum atomic E-state index is 11.0. The molecule has 0 aliphatic carbocycles. The second-order valence-electron chi connectivity index (χ2n) is 3.19. The average Bonchev–Trinajstić information content (AvgIpc) is 2.16. The van der Waals surface area contributed by atoms with Gasteiger partial charge in [-0.15, -0.1) is 0 Å². The van der Waals surface area contributed by atoms with Crippen LogP contribution in [0.25, 0.3) is 0 Å². The molecule has 0 aromatic heterocycles. The Balaban J connectivity index is 2.56. The fourth-order valence-electron chi connectivity index (χ4n) is 1.44. The molecule has 74 valence electrons. The number of aryl methyl sites for hydroxylation is 1. The summed E-state index contributed by atoms with van der Waals surface area (Å²) in [5.41, 5.74) is 1.78. The maximum absolute atomic E-state index is 11.0. The maximum Gasteiger partial charge on any atom is 0.238 e. The van der Waals surface area contributed by atoms with Crippen LogP contribution >= 0.6 is 0 Å². The third kappa shape index (κ3) is 1.69. The summed E-state index contributed by atoms with van der Waals surface area (Å²) in [4.78, 5) is 4.24. The lowest BCUT2D eigenvalue weighted by Crippen LogP contribution is -2.12. The first-order valence-corrected chi connectivity index (χ1v) is 5.80. The molecule has 4 nitrogen and oxygen atoms in total. The van der Waals surface area contributed by atoms with Crippen LogP contribution in [0.4, 0.5) is 5.69 Å². The van der Waals surface area contributed by atoms with E-state index in [0.29, 0.717) is 5.69 Å². The van der Waals surface area contributed by atoms with E-state index >= 15 is 0 Å². The monoisotopic (exact) mass is 210 g/mol. The molecule has 0 amide bonds. The van der Waals surface area contributed by atoms with Gasteiger partial charge in [-0.2, -0.15) is 0 Å². The number of benzene rings is 1. The smallest absolute Gasteiger partial charge is 0.238 e. The van der Waals surface area contributed by atoms with E-state index in [1.54, 1.807) is 12.3 Å². The highest BCUT2D eigenvalue weighted by molar-refractivity contribution is 7.89. The van der Waals surface area contributed by atoms with Crippen molar-refractivity contribution in [3.05, 3.63) is 23.8 Å². The number of sulfonamides is 1. The number of fused-ring (bicyclic) bond motifs is 1. The first kappa shape index (κ1) is 9.36. The lowest BCUT2D eigenvalue weighted by atomic mass is 10.1. The number of hydrogen-bond acceptors (Lipinski definition) is 3. The summed E-state index contributed by atoms with van der Waals surface area (Å²) in [6.45, 7) is 0. The van der Waals surface area contributed by atoms with Gasteiger partial charge in [0.15, 0.2) is 0 Å². The highest BCUT2D eigenvalue weighted by Gasteiger charge is 2.12. The van der Waals surface area contributed by atoms with Gasteiger partial charge in [-0.1, -0.05) is 6.07 Å². The second-order valence-corrected chi connectivity index (χ2v) is 4.75. The van der Waals surface area contributed by atoms with Gasteiger partial charge < -0.3 is 0 Å². The van der Waals surface area contributed by atoms with Crippen molar-refractivity contribution >= 4 is 21.9 Å². The van der Waals surface area contributed by atoms with Crippen LogP contribution in [-0.4, -0.2) is 14.6 Å². The van der Waals surface area contributed by atoms with Crippen molar-refractivity contribution in [1.82, 2.24) is 0 Å². The van der Waals surface area contributed by atoms with Gasteiger partial charge in [-0.05, 0) is 30.5 Å². The molecule has 5 heteroatoms. The molecule has 0 saturated carbocycles. The molecule has 0 atom stereocenters. The van der Waals surface area contributed by atoms with Gasteiger partial charge in [-0.25, -0.2) is 13.6 Å². The number of aliphatic imine (C=N–C) groups is 1. The van der Waals surface area contributed by atoms with Crippen molar-refractivity contribution in [2.45, 2.75) is 17.7 Å². The van der Waals surface area contributed by atoms with Crippen molar-refractivity contribution in [3.8, 4) is 0 Å². The Morgan fingerprint density at radius 2 is 2.14 bits per heavy atom. The van der Waals surface area contributed by atoms with Crippen molar-refractivity contribution < 1.29 is 8.42 Å². The molecular formula is C9H10N2O2S. The Labute approximate surface area is 82.5 Å². The number of rotatable bonds is 1. The normalized spacial score (nSPS) is 15.2. The Hall–Kier alpha value is -1.20. The third-order valence-electron chi connectivity index (χ3n) is 2.16. The van der Waals surface area contributed by atoms with Crippen molar-refractivity contribution in [1.29, 1.82) is 0 Å². The van der Waals surface area contributed by atoms with E-state index in [1.165, 1.54) is 12.1 Å². The molecule has 14 heavy (non-hydrogen) atoms. The fraction of sp³-hybridized carbons (Fsp3) is 0.222. The van der Waals surface area contributed by atoms with Crippen molar-refractivity contribution in [3.63, 3.8) is 0 Å². The Bertz CT molecular complexity index is 492. The zero-order valence-electron chi connectivity index (χ0n) is 7.47. The summed E-state index contributed by atoms with van der Waals surface area (Å²) < 4.78 is 22.1. The lowest BCUT2D eigenvalue weighted by molar-refractivity contribution is 0.598. The van der Waals surface area contributed by atoms with E-state index in [0.717, 1.165) is 18.4 Å². The van der Waals surface area contributed by atoms with E-state index in [9.17, 15) is 8.42 Å². The molecular weight excluding hydrogens is 200 g/mol. The SMILES string of the molecule is NS(=O)(=O)c1ccc2c(c1)N=CCC2. The standard InChI is InChI=1S/C9H10N2O2S/c10-14(12,13)8-4-3-7-2-1-5-11-9(7)6-8/h3-6H,1-2H2,(H2,10,12,13). The Kier molecular flexibility index (Phi) is 2.13. The van der Waals surface area contributed by atoms with Crippen LogP contribution in [0, 0.1) is 0 Å². The predicted molar refractivity (Wildman–Crippen MR) is 54.3 cm³/mol. The first-order chi connectivity index (χ1) is 6.57. The minimum atomic E-state index is -3.61. The van der Waals surface area contributed by atoms with Crippen LogP contribution in [0.2, 0.25) is 0 Å².